The van der Waals surface area contributed by atoms with E-state index in [-0.39, 0.29) is 5.56 Å². The van der Waals surface area contributed by atoms with Gasteiger partial charge in [0.15, 0.2) is 12.0 Å². The third kappa shape index (κ3) is 3.99. The molecule has 1 saturated heterocycles. The number of hydrogen-bond donors (Lipinski definition) is 1. The van der Waals surface area contributed by atoms with E-state index in [1.807, 2.05) is 14.1 Å². The van der Waals surface area contributed by atoms with Crippen LogP contribution in [0.5, 0.6) is 0 Å². The minimum Gasteiger partial charge on any atom is -0.340 e. The maximum atomic E-state index is 13.2. The van der Waals surface area contributed by atoms with Crippen molar-refractivity contribution in [3.05, 3.63) is 65.7 Å². The van der Waals surface area contributed by atoms with Crippen LogP contribution in [0.1, 0.15) is 28.5 Å². The number of hydrogen-bond acceptors (Lipinski definition) is 3. The summed E-state index contributed by atoms with van der Waals surface area (Å²) < 4.78 is 13.2. The summed E-state index contributed by atoms with van der Waals surface area (Å²) in [4.78, 5) is 44.4. The molecule has 2 atom stereocenters. The quantitative estimate of drug-likeness (QED) is 0.418. The Morgan fingerprint density at radius 2 is 1.86 bits per heavy atom. The van der Waals surface area contributed by atoms with Crippen molar-refractivity contribution in [2.24, 2.45) is 5.92 Å². The summed E-state index contributed by atoms with van der Waals surface area (Å²) >= 11 is 0. The van der Waals surface area contributed by atoms with Gasteiger partial charge in [0.2, 0.25) is 11.5 Å². The average Bonchev–Trinajstić information content (AvgIpc) is 2.93. The van der Waals surface area contributed by atoms with Crippen LogP contribution in [0.15, 0.2) is 48.7 Å². The molecule has 146 valence electrons. The summed E-state index contributed by atoms with van der Waals surface area (Å²) in [5.74, 6) is -3.44. The highest BCUT2D eigenvalue weighted by Crippen LogP contribution is 2.36. The normalized spacial score (nSPS) is 19.5. The lowest BCUT2D eigenvalue weighted by Gasteiger charge is -2.24. The highest BCUT2D eigenvalue weighted by molar-refractivity contribution is 6.43. The van der Waals surface area contributed by atoms with Gasteiger partial charge in [-0.15, -0.1) is 0 Å². The number of Topliss-reactive ketones (excluding diaryl/α,β-unsaturated/α-hetero) is 2. The number of aromatic nitrogens is 1. The van der Waals surface area contributed by atoms with E-state index in [9.17, 15) is 18.8 Å². The molecule has 3 rings (SSSR count). The molecule has 1 aromatic carbocycles. The van der Waals surface area contributed by atoms with Crippen molar-refractivity contribution in [1.82, 2.24) is 4.90 Å². The minimum atomic E-state index is -1.15. The largest absolute Gasteiger partial charge is 0.340 e. The second-order valence-electron chi connectivity index (χ2n) is 7.29. The lowest BCUT2D eigenvalue weighted by Crippen LogP contribution is -3.05. The Bertz CT molecular complexity index is 868. The van der Waals surface area contributed by atoms with E-state index in [0.29, 0.717) is 18.7 Å². The SMILES string of the molecule is C[NH+](C)CCCN1C(=O)C(=O)C(C(=O)c2ccc(F)cc2)C1c1cccc[nH+]1. The fourth-order valence-corrected chi connectivity index (χ4v) is 3.56. The molecule has 1 fully saturated rings. The molecule has 7 heteroatoms. The van der Waals surface area contributed by atoms with Crippen molar-refractivity contribution in [3.63, 3.8) is 0 Å². The average molecular weight is 385 g/mol. The van der Waals surface area contributed by atoms with Gasteiger partial charge in [0.05, 0.1) is 20.6 Å². The Hall–Kier alpha value is -2.93. The summed E-state index contributed by atoms with van der Waals surface area (Å²) in [5.41, 5.74) is 0.840. The first kappa shape index (κ1) is 19.8. The summed E-state index contributed by atoms with van der Waals surface area (Å²) in [5, 5.41) is 0. The van der Waals surface area contributed by atoms with Gasteiger partial charge in [0.1, 0.15) is 17.8 Å². The highest BCUT2D eigenvalue weighted by Gasteiger charge is 2.53. The third-order valence-electron chi connectivity index (χ3n) is 4.94. The lowest BCUT2D eigenvalue weighted by molar-refractivity contribution is -0.858. The second-order valence-corrected chi connectivity index (χ2v) is 7.29. The van der Waals surface area contributed by atoms with Crippen LogP contribution in [0, 0.1) is 11.7 Å². The molecular weight excluding hydrogens is 361 g/mol. The zero-order chi connectivity index (χ0) is 20.3. The highest BCUT2D eigenvalue weighted by atomic mass is 19.1. The zero-order valence-electron chi connectivity index (χ0n) is 15.9. The van der Waals surface area contributed by atoms with Crippen LogP contribution in [-0.2, 0) is 9.59 Å². The van der Waals surface area contributed by atoms with Gasteiger partial charge >= 0.3 is 0 Å². The van der Waals surface area contributed by atoms with Crippen molar-refractivity contribution < 1.29 is 28.7 Å². The number of nitrogens with zero attached hydrogens (tertiary/aromatic N) is 1. The summed E-state index contributed by atoms with van der Waals surface area (Å²) in [6, 6.07) is 9.70. The third-order valence-corrected chi connectivity index (χ3v) is 4.94. The van der Waals surface area contributed by atoms with Crippen molar-refractivity contribution in [3.8, 4) is 0 Å². The first-order valence-corrected chi connectivity index (χ1v) is 9.30. The van der Waals surface area contributed by atoms with Crippen LogP contribution >= 0.6 is 0 Å². The number of pyridine rings is 1. The summed E-state index contributed by atoms with van der Waals surface area (Å²) in [6.45, 7) is 1.22. The van der Waals surface area contributed by atoms with Crippen LogP contribution in [-0.4, -0.2) is 49.6 Å². The van der Waals surface area contributed by atoms with Gasteiger partial charge in [-0.2, -0.15) is 0 Å². The predicted octanol–water partition coefficient (Wildman–Crippen LogP) is 0.126. The Kier molecular flexibility index (Phi) is 5.94. The zero-order valence-corrected chi connectivity index (χ0v) is 15.9. The molecule has 1 aliphatic heterocycles. The van der Waals surface area contributed by atoms with Crippen LogP contribution in [0.2, 0.25) is 0 Å². The topological polar surface area (TPSA) is 73.0 Å². The van der Waals surface area contributed by atoms with E-state index in [1.54, 1.807) is 24.4 Å². The van der Waals surface area contributed by atoms with Crippen LogP contribution in [0.25, 0.3) is 0 Å². The number of ketones is 2. The van der Waals surface area contributed by atoms with Crippen LogP contribution in [0.4, 0.5) is 4.39 Å². The van der Waals surface area contributed by atoms with E-state index >= 15 is 0 Å². The number of amides is 1. The van der Waals surface area contributed by atoms with Gasteiger partial charge in [0.25, 0.3) is 5.91 Å². The Morgan fingerprint density at radius 1 is 1.14 bits per heavy atom. The lowest BCUT2D eigenvalue weighted by atomic mass is 9.88. The molecule has 0 saturated carbocycles. The van der Waals surface area contributed by atoms with Crippen molar-refractivity contribution in [2.45, 2.75) is 12.5 Å². The Morgan fingerprint density at radius 3 is 2.46 bits per heavy atom. The Balaban J connectivity index is 1.96. The van der Waals surface area contributed by atoms with Crippen LogP contribution < -0.4 is 9.88 Å². The molecule has 0 aliphatic carbocycles. The molecule has 2 aromatic rings. The first-order chi connectivity index (χ1) is 13.4. The standard InChI is InChI=1S/C21H22FN3O3/c1-24(2)12-5-13-25-18(16-6-3-4-11-23-16)17(20(27)21(25)28)19(26)14-7-9-15(22)10-8-14/h3-4,6-11,17-18H,5,12-13H2,1-2H3/p+2. The Labute approximate surface area is 163 Å². The molecule has 0 spiro atoms. The number of halogens is 1. The summed E-state index contributed by atoms with van der Waals surface area (Å²) in [6.07, 6.45) is 2.41. The molecular formula is C21H24FN3O3+2. The van der Waals surface area contributed by atoms with Gasteiger partial charge in [-0.1, -0.05) is 6.07 Å². The maximum absolute atomic E-state index is 13.2. The smallest absolute Gasteiger partial charge is 0.291 e. The van der Waals surface area contributed by atoms with Gasteiger partial charge in [-0.3, -0.25) is 14.4 Å². The number of aromatic amines is 1. The molecule has 2 unspecified atom stereocenters. The van der Waals surface area contributed by atoms with E-state index < -0.39 is 35.3 Å². The number of nitrogens with one attached hydrogen (secondary N) is 2. The minimum absolute atomic E-state index is 0.216. The molecule has 6 nitrogen and oxygen atoms in total. The second kappa shape index (κ2) is 8.39. The van der Waals surface area contributed by atoms with Gasteiger partial charge in [-0.25, -0.2) is 9.37 Å². The monoisotopic (exact) mass is 385 g/mol. The molecule has 2 heterocycles. The fourth-order valence-electron chi connectivity index (χ4n) is 3.56. The van der Waals surface area contributed by atoms with E-state index in [2.05, 4.69) is 4.98 Å². The molecule has 28 heavy (non-hydrogen) atoms. The number of quaternary nitrogens is 1. The molecule has 2 N–H and O–H groups in total. The van der Waals surface area contributed by atoms with Gasteiger partial charge in [-0.05, 0) is 24.3 Å². The van der Waals surface area contributed by atoms with Gasteiger partial charge < -0.3 is 9.80 Å². The van der Waals surface area contributed by atoms with Crippen molar-refractivity contribution in [1.29, 1.82) is 0 Å². The molecule has 0 bridgehead atoms. The predicted molar refractivity (Wildman–Crippen MR) is 99.0 cm³/mol. The summed E-state index contributed by atoms with van der Waals surface area (Å²) in [7, 11) is 4.03. The number of likely N-dealkylation sites (tertiary alicyclic amines) is 1. The van der Waals surface area contributed by atoms with Crippen molar-refractivity contribution >= 4 is 17.5 Å². The number of rotatable bonds is 7. The van der Waals surface area contributed by atoms with E-state index in [4.69, 9.17) is 0 Å². The molecule has 0 radical (unpaired) electrons. The molecule has 1 amide bonds. The van der Waals surface area contributed by atoms with Gasteiger partial charge in [0, 0.05) is 30.7 Å². The first-order valence-electron chi connectivity index (χ1n) is 9.30. The van der Waals surface area contributed by atoms with Crippen molar-refractivity contribution in [2.75, 3.05) is 27.2 Å². The number of benzene rings is 1. The van der Waals surface area contributed by atoms with E-state index in [0.717, 1.165) is 6.54 Å². The fraction of sp³-hybridized carbons (Fsp3) is 0.333. The van der Waals surface area contributed by atoms with E-state index in [1.165, 1.54) is 34.1 Å². The number of H-pyrrole nitrogens is 1. The van der Waals surface area contributed by atoms with Crippen LogP contribution in [0.3, 0.4) is 0 Å². The maximum Gasteiger partial charge on any atom is 0.291 e. The molecule has 1 aliphatic rings. The molecule has 1 aromatic heterocycles. The number of carbonyl (C=O) groups is 3. The number of carbonyl (C=O) groups excluding carboxylic acids is 3.